The van der Waals surface area contributed by atoms with Crippen molar-refractivity contribution in [3.05, 3.63) is 35.4 Å². The standard InChI is InChI=1S/C20H32N6O3.HI/c1-6-29-11-7-10-21-20(23-14-19-25-24-15(2)26(19)3)22-13-16-8-9-17(27-4)12-18(16)28-5;/h8-9,12H,6-7,10-11,13-14H2,1-5H3,(H2,21,22,23);1H. The summed E-state index contributed by atoms with van der Waals surface area (Å²) in [4.78, 5) is 4.70. The van der Waals surface area contributed by atoms with E-state index in [1.54, 1.807) is 14.2 Å². The first-order chi connectivity index (χ1) is 14.1. The van der Waals surface area contributed by atoms with E-state index < -0.39 is 0 Å². The average molecular weight is 532 g/mol. The first kappa shape index (κ1) is 26.0. The highest BCUT2D eigenvalue weighted by Gasteiger charge is 2.08. The molecule has 0 unspecified atom stereocenters. The smallest absolute Gasteiger partial charge is 0.191 e. The largest absolute Gasteiger partial charge is 0.497 e. The quantitative estimate of drug-likeness (QED) is 0.199. The van der Waals surface area contributed by atoms with Gasteiger partial charge in [0.1, 0.15) is 17.3 Å². The third-order valence-electron chi connectivity index (χ3n) is 4.46. The van der Waals surface area contributed by atoms with Gasteiger partial charge in [0.2, 0.25) is 0 Å². The van der Waals surface area contributed by atoms with Gasteiger partial charge in [-0.1, -0.05) is 0 Å². The molecule has 1 aromatic carbocycles. The molecule has 30 heavy (non-hydrogen) atoms. The molecule has 0 amide bonds. The summed E-state index contributed by atoms with van der Waals surface area (Å²) in [5.74, 6) is 3.90. The molecule has 0 saturated heterocycles. The van der Waals surface area contributed by atoms with Gasteiger partial charge < -0.3 is 29.4 Å². The van der Waals surface area contributed by atoms with Crippen molar-refractivity contribution >= 4 is 29.9 Å². The monoisotopic (exact) mass is 532 g/mol. The molecule has 1 aromatic heterocycles. The molecular formula is C20H33IN6O3. The van der Waals surface area contributed by atoms with Crippen LogP contribution >= 0.6 is 24.0 Å². The summed E-state index contributed by atoms with van der Waals surface area (Å²) in [6.45, 7) is 7.09. The van der Waals surface area contributed by atoms with Crippen LogP contribution in [0.25, 0.3) is 0 Å². The van der Waals surface area contributed by atoms with Gasteiger partial charge in [0.05, 0.1) is 27.3 Å². The summed E-state index contributed by atoms with van der Waals surface area (Å²) in [6.07, 6.45) is 0.892. The second-order valence-electron chi connectivity index (χ2n) is 6.40. The van der Waals surface area contributed by atoms with Gasteiger partial charge in [-0.3, -0.25) is 0 Å². The second kappa shape index (κ2) is 14.0. The fourth-order valence-electron chi connectivity index (χ4n) is 2.61. The summed E-state index contributed by atoms with van der Waals surface area (Å²) in [5.41, 5.74) is 0.971. The number of halogens is 1. The molecule has 0 fully saturated rings. The third-order valence-corrected chi connectivity index (χ3v) is 4.46. The molecule has 0 saturated carbocycles. The molecule has 10 heteroatoms. The Morgan fingerprint density at radius 3 is 2.60 bits per heavy atom. The van der Waals surface area contributed by atoms with E-state index in [0.717, 1.165) is 48.3 Å². The van der Waals surface area contributed by atoms with Crippen LogP contribution in [0.15, 0.2) is 23.2 Å². The van der Waals surface area contributed by atoms with Crippen LogP contribution < -0.4 is 20.1 Å². The molecule has 0 spiro atoms. The zero-order chi connectivity index (χ0) is 21.1. The first-order valence-corrected chi connectivity index (χ1v) is 9.74. The van der Waals surface area contributed by atoms with E-state index in [1.807, 2.05) is 43.7 Å². The van der Waals surface area contributed by atoms with E-state index in [4.69, 9.17) is 19.2 Å². The lowest BCUT2D eigenvalue weighted by Gasteiger charge is -2.14. The molecule has 0 atom stereocenters. The maximum atomic E-state index is 5.47. The molecule has 0 radical (unpaired) electrons. The number of benzene rings is 1. The van der Waals surface area contributed by atoms with Crippen LogP contribution in [0.5, 0.6) is 11.5 Å². The molecule has 2 rings (SSSR count). The maximum absolute atomic E-state index is 5.47. The van der Waals surface area contributed by atoms with E-state index in [2.05, 4.69) is 20.8 Å². The molecule has 168 valence electrons. The number of rotatable bonds is 11. The number of ether oxygens (including phenoxy) is 3. The van der Waals surface area contributed by atoms with Crippen molar-refractivity contribution in [3.8, 4) is 11.5 Å². The zero-order valence-corrected chi connectivity index (χ0v) is 20.7. The molecule has 1 heterocycles. The number of nitrogens with one attached hydrogen (secondary N) is 2. The minimum absolute atomic E-state index is 0. The Morgan fingerprint density at radius 1 is 1.17 bits per heavy atom. The Hall–Kier alpha value is -2.08. The normalized spacial score (nSPS) is 11.0. The number of methoxy groups -OCH3 is 2. The lowest BCUT2D eigenvalue weighted by molar-refractivity contribution is 0.145. The number of aryl methyl sites for hydroxylation is 1. The van der Waals surface area contributed by atoms with Crippen molar-refractivity contribution in [2.45, 2.75) is 33.4 Å². The Balaban J connectivity index is 0.00000450. The van der Waals surface area contributed by atoms with E-state index in [9.17, 15) is 0 Å². The predicted molar refractivity (Wildman–Crippen MR) is 128 cm³/mol. The second-order valence-corrected chi connectivity index (χ2v) is 6.40. The van der Waals surface area contributed by atoms with Crippen LogP contribution in [0, 0.1) is 6.92 Å². The van der Waals surface area contributed by atoms with Gasteiger partial charge in [0.15, 0.2) is 11.8 Å². The molecule has 0 bridgehead atoms. The van der Waals surface area contributed by atoms with Gasteiger partial charge in [0, 0.05) is 38.4 Å². The van der Waals surface area contributed by atoms with E-state index in [0.29, 0.717) is 25.7 Å². The lowest BCUT2D eigenvalue weighted by atomic mass is 10.2. The number of aromatic nitrogens is 3. The Bertz CT molecular complexity index is 797. The zero-order valence-electron chi connectivity index (χ0n) is 18.4. The average Bonchev–Trinajstić information content (AvgIpc) is 3.06. The van der Waals surface area contributed by atoms with Gasteiger partial charge in [0.25, 0.3) is 0 Å². The summed E-state index contributed by atoms with van der Waals surface area (Å²) < 4.78 is 18.1. The number of nitrogens with zero attached hydrogens (tertiary/aromatic N) is 4. The van der Waals surface area contributed by atoms with E-state index in [1.165, 1.54) is 0 Å². The molecule has 9 nitrogen and oxygen atoms in total. The van der Waals surface area contributed by atoms with Crippen LogP contribution in [-0.4, -0.2) is 54.7 Å². The van der Waals surface area contributed by atoms with Gasteiger partial charge in [-0.25, -0.2) is 4.99 Å². The highest BCUT2D eigenvalue weighted by molar-refractivity contribution is 14.0. The van der Waals surface area contributed by atoms with E-state index in [-0.39, 0.29) is 24.0 Å². The summed E-state index contributed by atoms with van der Waals surface area (Å²) in [5, 5.41) is 14.9. The molecule has 0 aliphatic rings. The first-order valence-electron chi connectivity index (χ1n) is 9.74. The fourth-order valence-corrected chi connectivity index (χ4v) is 2.61. The number of guanidine groups is 1. The highest BCUT2D eigenvalue weighted by Crippen LogP contribution is 2.25. The highest BCUT2D eigenvalue weighted by atomic mass is 127. The number of aliphatic imine (C=N–C) groups is 1. The lowest BCUT2D eigenvalue weighted by Crippen LogP contribution is -2.38. The fraction of sp³-hybridized carbons (Fsp3) is 0.550. The van der Waals surface area contributed by atoms with Crippen LogP contribution in [-0.2, 0) is 24.9 Å². The minimum Gasteiger partial charge on any atom is -0.497 e. The molecule has 2 N–H and O–H groups in total. The number of hydrogen-bond acceptors (Lipinski definition) is 6. The molecule has 2 aromatic rings. The van der Waals surface area contributed by atoms with Crippen molar-refractivity contribution in [1.82, 2.24) is 25.4 Å². The number of hydrogen-bond donors (Lipinski definition) is 2. The molecule has 0 aliphatic heterocycles. The topological polar surface area (TPSA) is 94.8 Å². The van der Waals surface area contributed by atoms with Gasteiger partial charge >= 0.3 is 0 Å². The predicted octanol–water partition coefficient (Wildman–Crippen LogP) is 2.42. The van der Waals surface area contributed by atoms with Gasteiger partial charge in [-0.05, 0) is 32.4 Å². The Morgan fingerprint density at radius 2 is 1.97 bits per heavy atom. The third kappa shape index (κ3) is 7.98. The van der Waals surface area contributed by atoms with Crippen molar-refractivity contribution in [1.29, 1.82) is 0 Å². The van der Waals surface area contributed by atoms with Gasteiger partial charge in [-0.2, -0.15) is 0 Å². The van der Waals surface area contributed by atoms with Crippen LogP contribution in [0.4, 0.5) is 0 Å². The maximum Gasteiger partial charge on any atom is 0.191 e. The Kier molecular flexibility index (Phi) is 12.1. The summed E-state index contributed by atoms with van der Waals surface area (Å²) >= 11 is 0. The van der Waals surface area contributed by atoms with Crippen molar-refractivity contribution < 1.29 is 14.2 Å². The van der Waals surface area contributed by atoms with Crippen molar-refractivity contribution in [2.24, 2.45) is 12.0 Å². The molecular weight excluding hydrogens is 499 g/mol. The minimum atomic E-state index is 0. The van der Waals surface area contributed by atoms with Crippen LogP contribution in [0.2, 0.25) is 0 Å². The van der Waals surface area contributed by atoms with Gasteiger partial charge in [-0.15, -0.1) is 34.2 Å². The summed E-state index contributed by atoms with van der Waals surface area (Å²) in [6, 6.07) is 5.72. The van der Waals surface area contributed by atoms with E-state index >= 15 is 0 Å². The van der Waals surface area contributed by atoms with Crippen molar-refractivity contribution in [3.63, 3.8) is 0 Å². The van der Waals surface area contributed by atoms with Crippen LogP contribution in [0.1, 0.15) is 30.6 Å². The van der Waals surface area contributed by atoms with Crippen LogP contribution in [0.3, 0.4) is 0 Å². The summed E-state index contributed by atoms with van der Waals surface area (Å²) in [7, 11) is 5.22. The van der Waals surface area contributed by atoms with Crippen molar-refractivity contribution in [2.75, 3.05) is 34.0 Å². The molecule has 0 aliphatic carbocycles. The SMILES string of the molecule is CCOCCCNC(=NCc1ccc(OC)cc1OC)NCc1nnc(C)n1C.I. The Labute approximate surface area is 195 Å².